The Bertz CT molecular complexity index is 447. The fourth-order valence-corrected chi connectivity index (χ4v) is 2.45. The molecule has 1 heterocycles. The van der Waals surface area contributed by atoms with Crippen LogP contribution in [0.2, 0.25) is 0 Å². The van der Waals surface area contributed by atoms with E-state index in [1.54, 1.807) is 0 Å². The Hall–Kier alpha value is -1.43. The van der Waals surface area contributed by atoms with E-state index < -0.39 is 0 Å². The molecule has 0 saturated heterocycles. The first-order valence-electron chi connectivity index (χ1n) is 6.57. The third-order valence-corrected chi connectivity index (χ3v) is 3.69. The van der Waals surface area contributed by atoms with E-state index in [0.717, 1.165) is 38.5 Å². The van der Waals surface area contributed by atoms with Crippen molar-refractivity contribution < 1.29 is 9.32 Å². The monoisotopic (exact) mass is 250 g/mol. The van der Waals surface area contributed by atoms with Crippen LogP contribution in [0.5, 0.6) is 0 Å². The quantitative estimate of drug-likeness (QED) is 0.823. The van der Waals surface area contributed by atoms with Crippen LogP contribution in [0.15, 0.2) is 4.52 Å². The van der Waals surface area contributed by atoms with E-state index in [9.17, 15) is 4.79 Å². The van der Waals surface area contributed by atoms with Crippen LogP contribution in [0, 0.1) is 0 Å². The fourth-order valence-electron chi connectivity index (χ4n) is 2.45. The first-order valence-corrected chi connectivity index (χ1v) is 6.57. The zero-order chi connectivity index (χ0) is 12.6. The van der Waals surface area contributed by atoms with Gasteiger partial charge in [0.15, 0.2) is 0 Å². The lowest BCUT2D eigenvalue weighted by atomic mass is 9.95. The Morgan fingerprint density at radius 2 is 2.17 bits per heavy atom. The second-order valence-corrected chi connectivity index (χ2v) is 5.51. The second-order valence-electron chi connectivity index (χ2n) is 5.51. The van der Waals surface area contributed by atoms with Gasteiger partial charge in [0.1, 0.15) is 0 Å². The SMILES string of the molecule is NC1(Cc2nc(C(=O)NC3CC3)no2)CCCC1. The van der Waals surface area contributed by atoms with E-state index in [1.807, 2.05) is 0 Å². The molecule has 2 aliphatic carbocycles. The highest BCUT2D eigenvalue weighted by Crippen LogP contribution is 2.29. The number of nitrogens with zero attached hydrogens (tertiary/aromatic N) is 2. The minimum atomic E-state index is -0.245. The number of nitrogens with two attached hydrogens (primary N) is 1. The average molecular weight is 250 g/mol. The van der Waals surface area contributed by atoms with Crippen LogP contribution < -0.4 is 11.1 Å². The first-order chi connectivity index (χ1) is 8.65. The van der Waals surface area contributed by atoms with Gasteiger partial charge in [-0.05, 0) is 25.7 Å². The molecule has 0 atom stereocenters. The summed E-state index contributed by atoms with van der Waals surface area (Å²) in [6.07, 6.45) is 6.93. The number of aromatic nitrogens is 2. The van der Waals surface area contributed by atoms with E-state index in [2.05, 4.69) is 15.5 Å². The Balaban J connectivity index is 1.63. The van der Waals surface area contributed by atoms with E-state index in [1.165, 1.54) is 0 Å². The van der Waals surface area contributed by atoms with Crippen LogP contribution in [0.25, 0.3) is 0 Å². The van der Waals surface area contributed by atoms with Crippen molar-refractivity contribution in [1.29, 1.82) is 0 Å². The summed E-state index contributed by atoms with van der Waals surface area (Å²) in [6, 6.07) is 0.301. The Kier molecular flexibility index (Phi) is 2.81. The molecule has 0 bridgehead atoms. The predicted molar refractivity (Wildman–Crippen MR) is 63.9 cm³/mol. The molecule has 0 spiro atoms. The van der Waals surface area contributed by atoms with Crippen molar-refractivity contribution in [3.05, 3.63) is 11.7 Å². The van der Waals surface area contributed by atoms with Crippen LogP contribution >= 0.6 is 0 Å². The summed E-state index contributed by atoms with van der Waals surface area (Å²) < 4.78 is 5.11. The maximum Gasteiger partial charge on any atom is 0.292 e. The topological polar surface area (TPSA) is 94.0 Å². The molecule has 6 heteroatoms. The molecule has 6 nitrogen and oxygen atoms in total. The number of rotatable bonds is 4. The van der Waals surface area contributed by atoms with E-state index in [4.69, 9.17) is 10.3 Å². The Morgan fingerprint density at radius 1 is 1.44 bits per heavy atom. The van der Waals surface area contributed by atoms with Gasteiger partial charge in [-0.3, -0.25) is 4.79 Å². The van der Waals surface area contributed by atoms with Crippen molar-refractivity contribution in [2.75, 3.05) is 0 Å². The van der Waals surface area contributed by atoms with Gasteiger partial charge in [0, 0.05) is 18.0 Å². The number of nitrogens with one attached hydrogen (secondary N) is 1. The number of carbonyl (C=O) groups is 1. The fraction of sp³-hybridized carbons (Fsp3) is 0.750. The minimum Gasteiger partial charge on any atom is -0.346 e. The van der Waals surface area contributed by atoms with E-state index in [0.29, 0.717) is 18.4 Å². The molecule has 98 valence electrons. The van der Waals surface area contributed by atoms with Gasteiger partial charge in [-0.15, -0.1) is 0 Å². The van der Waals surface area contributed by atoms with Gasteiger partial charge in [0.05, 0.1) is 0 Å². The van der Waals surface area contributed by atoms with Crippen LogP contribution in [0.4, 0.5) is 0 Å². The number of hydrogen-bond donors (Lipinski definition) is 2. The smallest absolute Gasteiger partial charge is 0.292 e. The van der Waals surface area contributed by atoms with Gasteiger partial charge >= 0.3 is 0 Å². The Morgan fingerprint density at radius 3 is 2.83 bits per heavy atom. The highest BCUT2D eigenvalue weighted by Gasteiger charge is 2.32. The van der Waals surface area contributed by atoms with Crippen molar-refractivity contribution in [2.24, 2.45) is 5.73 Å². The summed E-state index contributed by atoms with van der Waals surface area (Å²) in [4.78, 5) is 15.8. The van der Waals surface area contributed by atoms with E-state index in [-0.39, 0.29) is 17.3 Å². The summed E-state index contributed by atoms with van der Waals surface area (Å²) in [5.41, 5.74) is 6.01. The molecular formula is C12H18N4O2. The van der Waals surface area contributed by atoms with Crippen molar-refractivity contribution >= 4 is 5.91 Å². The third kappa shape index (κ3) is 2.53. The van der Waals surface area contributed by atoms with Crippen LogP contribution in [0.1, 0.15) is 55.0 Å². The third-order valence-electron chi connectivity index (χ3n) is 3.69. The maximum atomic E-state index is 11.7. The normalized spacial score (nSPS) is 22.1. The van der Waals surface area contributed by atoms with Crippen molar-refractivity contribution in [1.82, 2.24) is 15.5 Å². The summed E-state index contributed by atoms with van der Waals surface area (Å²) in [7, 11) is 0. The zero-order valence-corrected chi connectivity index (χ0v) is 10.3. The molecule has 0 aromatic carbocycles. The molecule has 2 fully saturated rings. The minimum absolute atomic E-state index is 0.124. The molecule has 0 unspecified atom stereocenters. The van der Waals surface area contributed by atoms with Gasteiger partial charge in [-0.1, -0.05) is 18.0 Å². The molecular weight excluding hydrogens is 232 g/mol. The second kappa shape index (κ2) is 4.35. The van der Waals surface area contributed by atoms with Gasteiger partial charge in [-0.2, -0.15) is 4.98 Å². The van der Waals surface area contributed by atoms with Gasteiger partial charge in [-0.25, -0.2) is 0 Å². The summed E-state index contributed by atoms with van der Waals surface area (Å²) in [6.45, 7) is 0. The molecule has 1 aromatic rings. The molecule has 18 heavy (non-hydrogen) atoms. The summed E-state index contributed by atoms with van der Waals surface area (Å²) in [5.74, 6) is 0.351. The van der Waals surface area contributed by atoms with Gasteiger partial charge < -0.3 is 15.6 Å². The zero-order valence-electron chi connectivity index (χ0n) is 10.3. The molecule has 0 radical (unpaired) electrons. The maximum absolute atomic E-state index is 11.7. The van der Waals surface area contributed by atoms with Crippen LogP contribution in [-0.2, 0) is 6.42 Å². The van der Waals surface area contributed by atoms with Gasteiger partial charge in [0.2, 0.25) is 5.89 Å². The molecule has 2 saturated carbocycles. The number of amides is 1. The molecule has 1 aromatic heterocycles. The number of carbonyl (C=O) groups excluding carboxylic acids is 1. The van der Waals surface area contributed by atoms with Crippen LogP contribution in [0.3, 0.4) is 0 Å². The summed E-state index contributed by atoms with van der Waals surface area (Å²) >= 11 is 0. The number of hydrogen-bond acceptors (Lipinski definition) is 5. The van der Waals surface area contributed by atoms with Crippen molar-refractivity contribution in [2.45, 2.75) is 56.5 Å². The lowest BCUT2D eigenvalue weighted by molar-refractivity contribution is 0.0937. The first kappa shape index (κ1) is 11.6. The van der Waals surface area contributed by atoms with Crippen molar-refractivity contribution in [3.8, 4) is 0 Å². The molecule has 2 aliphatic rings. The average Bonchev–Trinajstić information content (AvgIpc) is 2.86. The summed E-state index contributed by atoms with van der Waals surface area (Å²) in [5, 5.41) is 6.55. The predicted octanol–water partition coefficient (Wildman–Crippen LogP) is 0.776. The van der Waals surface area contributed by atoms with Crippen LogP contribution in [-0.4, -0.2) is 27.6 Å². The lowest BCUT2D eigenvalue weighted by Crippen LogP contribution is -2.38. The van der Waals surface area contributed by atoms with Crippen molar-refractivity contribution in [3.63, 3.8) is 0 Å². The largest absolute Gasteiger partial charge is 0.346 e. The highest BCUT2D eigenvalue weighted by molar-refractivity contribution is 5.90. The molecule has 3 rings (SSSR count). The highest BCUT2D eigenvalue weighted by atomic mass is 16.5. The standard InChI is InChI=1S/C12H18N4O2/c13-12(5-1-2-6-12)7-9-15-10(16-18-9)11(17)14-8-3-4-8/h8H,1-7,13H2,(H,14,17). The van der Waals surface area contributed by atoms with Gasteiger partial charge in [0.25, 0.3) is 11.7 Å². The lowest BCUT2D eigenvalue weighted by Gasteiger charge is -2.20. The van der Waals surface area contributed by atoms with E-state index >= 15 is 0 Å². The Labute approximate surface area is 105 Å². The molecule has 1 amide bonds. The molecule has 3 N–H and O–H groups in total. The molecule has 0 aliphatic heterocycles.